The van der Waals surface area contributed by atoms with Crippen molar-refractivity contribution in [3.8, 4) is 0 Å². The first-order chi connectivity index (χ1) is 12.4. The van der Waals surface area contributed by atoms with Crippen LogP contribution in [-0.4, -0.2) is 55.0 Å². The molecule has 0 aromatic heterocycles. The topological polar surface area (TPSA) is 52.8 Å². The Morgan fingerprint density at radius 1 is 1.12 bits per heavy atom. The summed E-state index contributed by atoms with van der Waals surface area (Å²) in [7, 11) is 0. The molecule has 0 saturated carbocycles. The quantitative estimate of drug-likeness (QED) is 0.603. The van der Waals surface area contributed by atoms with E-state index in [1.807, 2.05) is 17.0 Å². The number of piperidine rings is 1. The monoisotopic (exact) mass is 382 g/mol. The molecule has 6 heteroatoms. The minimum absolute atomic E-state index is 0.0874. The molecule has 0 aliphatic carbocycles. The zero-order valence-corrected chi connectivity index (χ0v) is 17.5. The summed E-state index contributed by atoms with van der Waals surface area (Å²) < 4.78 is 0. The van der Waals surface area contributed by atoms with Crippen molar-refractivity contribution in [2.24, 2.45) is 11.8 Å². The highest BCUT2D eigenvalue weighted by Gasteiger charge is 2.21. The van der Waals surface area contributed by atoms with Crippen LogP contribution in [0, 0.1) is 5.92 Å². The fourth-order valence-corrected chi connectivity index (χ4v) is 3.02. The van der Waals surface area contributed by atoms with Gasteiger partial charge in [-0.25, -0.2) is 5.84 Å². The fourth-order valence-electron chi connectivity index (χ4n) is 2.90. The summed E-state index contributed by atoms with van der Waals surface area (Å²) in [5, 5.41) is 2.13. The van der Waals surface area contributed by atoms with E-state index in [9.17, 15) is 4.79 Å². The number of likely N-dealkylation sites (tertiary alicyclic amines) is 1. The Kier molecular flexibility index (Phi) is 10.6. The maximum absolute atomic E-state index is 12.1. The number of hydrogen-bond donors (Lipinski definition) is 1. The van der Waals surface area contributed by atoms with Gasteiger partial charge in [0, 0.05) is 18.1 Å². The Hall–Kier alpha value is -1.30. The molecule has 1 aliphatic heterocycles. The van der Waals surface area contributed by atoms with Crippen molar-refractivity contribution in [3.05, 3.63) is 29.3 Å². The van der Waals surface area contributed by atoms with E-state index in [-0.39, 0.29) is 12.5 Å². The Morgan fingerprint density at radius 3 is 2.04 bits per heavy atom. The molecular weight excluding hydrogens is 348 g/mol. The average molecular weight is 383 g/mol. The molecule has 2 N–H and O–H groups in total. The van der Waals surface area contributed by atoms with Gasteiger partial charge in [0.15, 0.2) is 0 Å². The van der Waals surface area contributed by atoms with Crippen LogP contribution in [0.4, 0.5) is 5.69 Å². The first-order valence-corrected chi connectivity index (χ1v) is 10.1. The number of benzene rings is 1. The second-order valence-electron chi connectivity index (χ2n) is 6.79. The first kappa shape index (κ1) is 22.7. The Bertz CT molecular complexity index is 506. The lowest BCUT2D eigenvalue weighted by Crippen LogP contribution is -2.46. The minimum atomic E-state index is 0.0874. The lowest BCUT2D eigenvalue weighted by Gasteiger charge is -2.31. The molecule has 0 bridgehead atoms. The minimum Gasteiger partial charge on any atom is -0.341 e. The van der Waals surface area contributed by atoms with E-state index in [1.54, 1.807) is 12.1 Å². The van der Waals surface area contributed by atoms with Gasteiger partial charge in [0.25, 0.3) is 0 Å². The summed E-state index contributed by atoms with van der Waals surface area (Å²) in [6, 6.07) is 7.16. The number of carbonyl (C=O) groups is 1. The van der Waals surface area contributed by atoms with Gasteiger partial charge in [0.1, 0.15) is 6.54 Å². The van der Waals surface area contributed by atoms with Gasteiger partial charge >= 0.3 is 0 Å². The van der Waals surface area contributed by atoms with Gasteiger partial charge in [-0.15, -0.1) is 0 Å². The zero-order chi connectivity index (χ0) is 19.5. The van der Waals surface area contributed by atoms with Crippen molar-refractivity contribution < 1.29 is 4.79 Å². The largest absolute Gasteiger partial charge is 0.341 e. The van der Waals surface area contributed by atoms with Gasteiger partial charge in [-0.3, -0.25) is 4.79 Å². The summed E-state index contributed by atoms with van der Waals surface area (Å²) in [5.41, 5.74) is 0.795. The molecule has 1 aliphatic rings. The van der Waals surface area contributed by atoms with Crippen LogP contribution in [0.25, 0.3) is 0 Å². The molecule has 26 heavy (non-hydrogen) atoms. The number of anilines is 1. The predicted octanol–water partition coefficient (Wildman–Crippen LogP) is 3.63. The van der Waals surface area contributed by atoms with Crippen molar-refractivity contribution in [2.45, 2.75) is 40.5 Å². The summed E-state index contributed by atoms with van der Waals surface area (Å²) in [6.07, 6.45) is 2.16. The lowest BCUT2D eigenvalue weighted by atomic mass is 9.99. The molecule has 5 nitrogen and oxygen atoms in total. The number of hydrazine groups is 1. The second-order valence-corrected chi connectivity index (χ2v) is 7.22. The Balaban J connectivity index is 0.000000412. The fraction of sp³-hybridized carbons (Fsp3) is 0.650. The summed E-state index contributed by atoms with van der Waals surface area (Å²) in [4.78, 5) is 16.4. The van der Waals surface area contributed by atoms with Crippen LogP contribution in [0.15, 0.2) is 24.3 Å². The van der Waals surface area contributed by atoms with Gasteiger partial charge < -0.3 is 14.8 Å². The van der Waals surface area contributed by atoms with Crippen molar-refractivity contribution >= 4 is 23.2 Å². The van der Waals surface area contributed by atoms with Crippen LogP contribution < -0.4 is 10.9 Å². The number of amides is 1. The smallest absolute Gasteiger partial charge is 0.243 e. The molecule has 1 fully saturated rings. The van der Waals surface area contributed by atoms with Crippen LogP contribution in [-0.2, 0) is 4.79 Å². The maximum atomic E-state index is 12.1. The van der Waals surface area contributed by atoms with Crippen LogP contribution >= 0.6 is 11.6 Å². The normalized spacial score (nSPS) is 14.8. The van der Waals surface area contributed by atoms with E-state index < -0.39 is 0 Å². The number of nitrogens with zero attached hydrogens (tertiary/aromatic N) is 3. The predicted molar refractivity (Wildman–Crippen MR) is 111 cm³/mol. The molecule has 0 spiro atoms. The molecular formula is C20H35ClN4O. The number of hydrogen-bond acceptors (Lipinski definition) is 4. The molecule has 1 amide bonds. The van der Waals surface area contributed by atoms with Gasteiger partial charge in [0.05, 0.1) is 5.69 Å². The van der Waals surface area contributed by atoms with Gasteiger partial charge in [-0.2, -0.15) is 0 Å². The molecule has 148 valence electrons. The number of nitrogens with two attached hydrogens (primary N) is 1. The maximum Gasteiger partial charge on any atom is 0.243 e. The van der Waals surface area contributed by atoms with Gasteiger partial charge in [-0.05, 0) is 62.7 Å². The summed E-state index contributed by atoms with van der Waals surface area (Å²) in [5.74, 6) is 6.73. The SMILES string of the molecule is CC1CCN(C(=O)CN(N)c2ccc(Cl)cc2)CC1.CCN(CC)CC. The molecule has 1 aromatic carbocycles. The Labute approximate surface area is 164 Å². The second kappa shape index (κ2) is 12.2. The standard InChI is InChI=1S/C14H20ClN3O.C6H15N/c1-11-6-8-17(9-7-11)14(19)10-18(16)13-4-2-12(15)3-5-13;1-4-7(5-2)6-3/h2-5,11H,6-10,16H2,1H3;4-6H2,1-3H3. The third-order valence-electron chi connectivity index (χ3n) is 4.94. The van der Waals surface area contributed by atoms with Crippen LogP contribution in [0.5, 0.6) is 0 Å². The van der Waals surface area contributed by atoms with Crippen molar-refractivity contribution in [3.63, 3.8) is 0 Å². The van der Waals surface area contributed by atoms with Crippen LogP contribution in [0.3, 0.4) is 0 Å². The number of carbonyl (C=O) groups excluding carboxylic acids is 1. The molecule has 0 radical (unpaired) electrons. The van der Waals surface area contributed by atoms with Gasteiger partial charge in [0.2, 0.25) is 5.91 Å². The van der Waals surface area contributed by atoms with E-state index >= 15 is 0 Å². The summed E-state index contributed by atoms with van der Waals surface area (Å²) >= 11 is 5.82. The van der Waals surface area contributed by atoms with Crippen LogP contribution in [0.1, 0.15) is 40.5 Å². The van der Waals surface area contributed by atoms with Crippen LogP contribution in [0.2, 0.25) is 5.02 Å². The first-order valence-electron chi connectivity index (χ1n) is 9.69. The molecule has 1 saturated heterocycles. The summed E-state index contributed by atoms with van der Waals surface area (Å²) in [6.45, 7) is 14.2. The van der Waals surface area contributed by atoms with E-state index in [0.717, 1.165) is 31.6 Å². The molecule has 1 aromatic rings. The third-order valence-corrected chi connectivity index (χ3v) is 5.19. The Morgan fingerprint density at radius 2 is 1.62 bits per heavy atom. The van der Waals surface area contributed by atoms with Crippen molar-refractivity contribution in [1.29, 1.82) is 0 Å². The van der Waals surface area contributed by atoms with E-state index in [2.05, 4.69) is 32.6 Å². The van der Waals surface area contributed by atoms with E-state index in [4.69, 9.17) is 17.4 Å². The lowest BCUT2D eigenvalue weighted by molar-refractivity contribution is -0.131. The molecule has 2 rings (SSSR count). The molecule has 0 unspecified atom stereocenters. The highest BCUT2D eigenvalue weighted by molar-refractivity contribution is 6.30. The highest BCUT2D eigenvalue weighted by Crippen LogP contribution is 2.18. The highest BCUT2D eigenvalue weighted by atomic mass is 35.5. The molecule has 1 heterocycles. The van der Waals surface area contributed by atoms with Crippen molar-refractivity contribution in [2.75, 3.05) is 44.3 Å². The zero-order valence-electron chi connectivity index (χ0n) is 16.7. The average Bonchev–Trinajstić information content (AvgIpc) is 2.64. The van der Waals surface area contributed by atoms with Gasteiger partial charge in [-0.1, -0.05) is 39.3 Å². The van der Waals surface area contributed by atoms with E-state index in [0.29, 0.717) is 10.9 Å². The number of halogens is 1. The van der Waals surface area contributed by atoms with E-state index in [1.165, 1.54) is 24.6 Å². The van der Waals surface area contributed by atoms with Crippen molar-refractivity contribution in [1.82, 2.24) is 9.80 Å². The third kappa shape index (κ3) is 7.94. The number of rotatable bonds is 6. The molecule has 0 atom stereocenters.